The van der Waals surface area contributed by atoms with E-state index in [0.717, 1.165) is 16.7 Å². The first-order valence-electron chi connectivity index (χ1n) is 8.98. The summed E-state index contributed by atoms with van der Waals surface area (Å²) in [6.45, 7) is 5.63. The highest BCUT2D eigenvalue weighted by atomic mass is 32.2. The van der Waals surface area contributed by atoms with E-state index in [2.05, 4.69) is 0 Å². The fourth-order valence-corrected chi connectivity index (χ4v) is 4.63. The molecule has 7 heteroatoms. The number of nitrogens with two attached hydrogens (primary N) is 1. The monoisotopic (exact) mass is 387 g/mol. The maximum Gasteiger partial charge on any atom is 0.253 e. The van der Waals surface area contributed by atoms with Gasteiger partial charge in [-0.1, -0.05) is 18.2 Å². The van der Waals surface area contributed by atoms with Gasteiger partial charge in [0.2, 0.25) is 10.0 Å². The minimum absolute atomic E-state index is 0.0817. The number of hydrogen-bond donors (Lipinski definition) is 1. The molecule has 2 N–H and O–H groups in total. The van der Waals surface area contributed by atoms with Crippen LogP contribution in [0.4, 0.5) is 0 Å². The highest BCUT2D eigenvalue weighted by Gasteiger charge is 2.30. The van der Waals surface area contributed by atoms with Crippen LogP contribution in [0, 0.1) is 13.8 Å². The zero-order valence-electron chi connectivity index (χ0n) is 15.7. The topological polar surface area (TPSA) is 83.7 Å². The summed E-state index contributed by atoms with van der Waals surface area (Å²) in [6.07, 6.45) is 0. The lowest BCUT2D eigenvalue weighted by molar-refractivity contribution is 0.0698. The quantitative estimate of drug-likeness (QED) is 0.869. The lowest BCUT2D eigenvalue weighted by Crippen LogP contribution is -2.50. The van der Waals surface area contributed by atoms with Crippen LogP contribution in [-0.4, -0.2) is 49.7 Å². The molecule has 0 aliphatic carbocycles. The van der Waals surface area contributed by atoms with Gasteiger partial charge >= 0.3 is 0 Å². The number of hydrogen-bond acceptors (Lipinski definition) is 4. The van der Waals surface area contributed by atoms with Crippen molar-refractivity contribution in [1.82, 2.24) is 9.21 Å². The van der Waals surface area contributed by atoms with Crippen LogP contribution in [0.15, 0.2) is 47.4 Å². The van der Waals surface area contributed by atoms with Gasteiger partial charge in [0, 0.05) is 38.3 Å². The molecule has 0 spiro atoms. The minimum Gasteiger partial charge on any atom is -0.336 e. The Balaban J connectivity index is 1.68. The van der Waals surface area contributed by atoms with Crippen LogP contribution in [-0.2, 0) is 16.6 Å². The largest absolute Gasteiger partial charge is 0.336 e. The van der Waals surface area contributed by atoms with Gasteiger partial charge in [0.1, 0.15) is 0 Å². The third-order valence-electron chi connectivity index (χ3n) is 5.08. The van der Waals surface area contributed by atoms with Crippen molar-refractivity contribution in [3.05, 3.63) is 64.7 Å². The zero-order valence-corrected chi connectivity index (χ0v) is 16.5. The second-order valence-electron chi connectivity index (χ2n) is 6.84. The third kappa shape index (κ3) is 4.05. The summed E-state index contributed by atoms with van der Waals surface area (Å²) >= 11 is 0. The van der Waals surface area contributed by atoms with E-state index in [1.54, 1.807) is 29.2 Å². The number of sulfonamides is 1. The third-order valence-corrected chi connectivity index (χ3v) is 6.97. The first-order chi connectivity index (χ1) is 12.8. The van der Waals surface area contributed by atoms with Crippen molar-refractivity contribution < 1.29 is 13.2 Å². The van der Waals surface area contributed by atoms with Crippen molar-refractivity contribution in [3.63, 3.8) is 0 Å². The van der Waals surface area contributed by atoms with Crippen LogP contribution < -0.4 is 5.73 Å². The van der Waals surface area contributed by atoms with Gasteiger partial charge in [-0.05, 0) is 54.8 Å². The normalized spacial score (nSPS) is 15.7. The van der Waals surface area contributed by atoms with E-state index >= 15 is 0 Å². The first kappa shape index (κ1) is 19.5. The highest BCUT2D eigenvalue weighted by molar-refractivity contribution is 7.89. The number of rotatable bonds is 4. The van der Waals surface area contributed by atoms with Gasteiger partial charge in [0.15, 0.2) is 0 Å². The van der Waals surface area contributed by atoms with E-state index in [0.29, 0.717) is 43.2 Å². The van der Waals surface area contributed by atoms with Crippen molar-refractivity contribution in [2.24, 2.45) is 5.73 Å². The van der Waals surface area contributed by atoms with Crippen LogP contribution in [0.1, 0.15) is 27.0 Å². The molecule has 0 unspecified atom stereocenters. The van der Waals surface area contributed by atoms with E-state index in [4.69, 9.17) is 5.73 Å². The highest BCUT2D eigenvalue weighted by Crippen LogP contribution is 2.21. The number of aryl methyl sites for hydroxylation is 2. The maximum absolute atomic E-state index is 12.9. The minimum atomic E-state index is -3.54. The smallest absolute Gasteiger partial charge is 0.253 e. The summed E-state index contributed by atoms with van der Waals surface area (Å²) < 4.78 is 27.2. The Labute approximate surface area is 160 Å². The lowest BCUT2D eigenvalue weighted by atomic mass is 10.1. The average Bonchev–Trinajstić information content (AvgIpc) is 2.69. The molecule has 0 saturated carbocycles. The Hall–Kier alpha value is -2.22. The van der Waals surface area contributed by atoms with Crippen molar-refractivity contribution in [3.8, 4) is 0 Å². The summed E-state index contributed by atoms with van der Waals surface area (Å²) in [4.78, 5) is 14.6. The lowest BCUT2D eigenvalue weighted by Gasteiger charge is -2.34. The van der Waals surface area contributed by atoms with E-state index in [-0.39, 0.29) is 5.91 Å². The number of nitrogens with zero attached hydrogens (tertiary/aromatic N) is 2. The number of carbonyl (C=O) groups excluding carboxylic acids is 1. The van der Waals surface area contributed by atoms with Gasteiger partial charge in [0.05, 0.1) is 4.90 Å². The number of carbonyl (C=O) groups is 1. The van der Waals surface area contributed by atoms with Crippen LogP contribution in [0.3, 0.4) is 0 Å². The molecular formula is C20H25N3O3S. The number of amides is 1. The molecule has 3 rings (SSSR count). The van der Waals surface area contributed by atoms with Gasteiger partial charge < -0.3 is 10.6 Å². The molecule has 27 heavy (non-hydrogen) atoms. The SMILES string of the molecule is Cc1ccc(S(=O)(=O)N2CCN(C(=O)c3ccc(CN)cc3)CC2)cc1C. The molecule has 1 aliphatic rings. The molecule has 144 valence electrons. The Morgan fingerprint density at radius 3 is 2.15 bits per heavy atom. The van der Waals surface area contributed by atoms with E-state index < -0.39 is 10.0 Å². The second kappa shape index (κ2) is 7.80. The predicted octanol–water partition coefficient (Wildman–Crippen LogP) is 1.91. The molecule has 0 radical (unpaired) electrons. The van der Waals surface area contributed by atoms with E-state index in [1.165, 1.54) is 4.31 Å². The van der Waals surface area contributed by atoms with Gasteiger partial charge in [-0.2, -0.15) is 4.31 Å². The average molecular weight is 388 g/mol. The van der Waals surface area contributed by atoms with Crippen LogP contribution in [0.5, 0.6) is 0 Å². The molecule has 0 bridgehead atoms. The number of piperazine rings is 1. The number of benzene rings is 2. The standard InChI is InChI=1S/C20H25N3O3S/c1-15-3-8-19(13-16(15)2)27(25,26)23-11-9-22(10-12-23)20(24)18-6-4-17(14-21)5-7-18/h3-8,13H,9-12,14,21H2,1-2H3. The predicted molar refractivity (Wildman–Crippen MR) is 105 cm³/mol. The fraction of sp³-hybridized carbons (Fsp3) is 0.350. The van der Waals surface area contributed by atoms with Gasteiger partial charge in [-0.25, -0.2) is 8.42 Å². The molecule has 1 heterocycles. The first-order valence-corrected chi connectivity index (χ1v) is 10.4. The maximum atomic E-state index is 12.9. The van der Waals surface area contributed by atoms with E-state index in [1.807, 2.05) is 32.0 Å². The van der Waals surface area contributed by atoms with Crippen molar-refractivity contribution >= 4 is 15.9 Å². The molecule has 1 fully saturated rings. The molecule has 1 amide bonds. The van der Waals surface area contributed by atoms with Gasteiger partial charge in [-0.15, -0.1) is 0 Å². The molecule has 6 nitrogen and oxygen atoms in total. The Morgan fingerprint density at radius 2 is 1.59 bits per heavy atom. The fourth-order valence-electron chi connectivity index (χ4n) is 3.12. The molecular weight excluding hydrogens is 362 g/mol. The molecule has 0 aromatic heterocycles. The summed E-state index contributed by atoms with van der Waals surface area (Å²) in [5.74, 6) is -0.0817. The summed E-state index contributed by atoms with van der Waals surface area (Å²) in [6, 6.07) is 12.4. The molecule has 0 atom stereocenters. The molecule has 1 saturated heterocycles. The Morgan fingerprint density at radius 1 is 0.963 bits per heavy atom. The van der Waals surface area contributed by atoms with Crippen molar-refractivity contribution in [2.45, 2.75) is 25.3 Å². The van der Waals surface area contributed by atoms with Crippen LogP contribution in [0.2, 0.25) is 0 Å². The summed E-state index contributed by atoms with van der Waals surface area (Å²) in [5, 5.41) is 0. The zero-order chi connectivity index (χ0) is 19.6. The summed E-state index contributed by atoms with van der Waals surface area (Å²) in [5.41, 5.74) is 9.16. The second-order valence-corrected chi connectivity index (χ2v) is 8.78. The van der Waals surface area contributed by atoms with Gasteiger partial charge in [-0.3, -0.25) is 4.79 Å². The van der Waals surface area contributed by atoms with Gasteiger partial charge in [0.25, 0.3) is 5.91 Å². The molecule has 2 aromatic carbocycles. The Kier molecular flexibility index (Phi) is 5.64. The molecule has 1 aliphatic heterocycles. The van der Waals surface area contributed by atoms with E-state index in [9.17, 15) is 13.2 Å². The Bertz CT molecular complexity index is 931. The van der Waals surface area contributed by atoms with Crippen molar-refractivity contribution in [1.29, 1.82) is 0 Å². The van der Waals surface area contributed by atoms with Crippen LogP contribution in [0.25, 0.3) is 0 Å². The summed E-state index contributed by atoms with van der Waals surface area (Å²) in [7, 11) is -3.54. The van der Waals surface area contributed by atoms with Crippen molar-refractivity contribution in [2.75, 3.05) is 26.2 Å². The molecule has 2 aromatic rings. The van der Waals surface area contributed by atoms with Crippen LogP contribution >= 0.6 is 0 Å².